The van der Waals surface area contributed by atoms with E-state index in [0.29, 0.717) is 40.9 Å². The van der Waals surface area contributed by atoms with Crippen LogP contribution in [0.25, 0.3) is 11.1 Å². The molecule has 8 N–H and O–H groups in total. The van der Waals surface area contributed by atoms with E-state index in [2.05, 4.69) is 10.6 Å². The lowest BCUT2D eigenvalue weighted by atomic mass is 9.80. The van der Waals surface area contributed by atoms with Crippen molar-refractivity contribution in [3.05, 3.63) is 78.4 Å². The van der Waals surface area contributed by atoms with E-state index in [-0.39, 0.29) is 16.6 Å². The summed E-state index contributed by atoms with van der Waals surface area (Å²) in [7, 11) is -3.88. The van der Waals surface area contributed by atoms with E-state index in [1.807, 2.05) is 11.5 Å². The summed E-state index contributed by atoms with van der Waals surface area (Å²) in [5, 5.41) is 35.7. The first-order valence-corrected chi connectivity index (χ1v) is 14.4. The van der Waals surface area contributed by atoms with Crippen molar-refractivity contribution in [2.75, 3.05) is 10.6 Å². The van der Waals surface area contributed by atoms with Gasteiger partial charge < -0.3 is 15.7 Å². The zero-order valence-electron chi connectivity index (χ0n) is 22.6. The average Bonchev–Trinajstić information content (AvgIpc) is 2.97. The van der Waals surface area contributed by atoms with Crippen molar-refractivity contribution < 1.29 is 41.5 Å². The summed E-state index contributed by atoms with van der Waals surface area (Å²) in [5.74, 6) is -3.06. The summed E-state index contributed by atoms with van der Waals surface area (Å²) in [4.78, 5) is 22.5. The molecule has 3 aromatic rings. The predicted molar refractivity (Wildman–Crippen MR) is 153 cm³/mol. The highest BCUT2D eigenvalue weighted by atomic mass is 32.2. The van der Waals surface area contributed by atoms with Gasteiger partial charge in [-0.1, -0.05) is 61.7 Å². The number of alkyl halides is 3. The van der Waals surface area contributed by atoms with Crippen LogP contribution in [0, 0.1) is 5.41 Å². The number of hydrogen-bond acceptors (Lipinski definition) is 7. The maximum atomic E-state index is 13.5. The molecule has 0 saturated heterocycles. The predicted octanol–water partition coefficient (Wildman–Crippen LogP) is 4.69. The molecule has 1 saturated carbocycles. The number of carbonyl (C=O) groups is 2. The first-order chi connectivity index (χ1) is 20.2. The second-order valence-electron chi connectivity index (χ2n) is 9.71. The Morgan fingerprint density at radius 2 is 1.51 bits per heavy atom. The second-order valence-corrected chi connectivity index (χ2v) is 11.2. The van der Waals surface area contributed by atoms with E-state index in [9.17, 15) is 26.4 Å². The fourth-order valence-electron chi connectivity index (χ4n) is 4.59. The maximum Gasteiger partial charge on any atom is 0.490 e. The Bertz CT molecular complexity index is 1570. The third-order valence-corrected chi connectivity index (χ3v) is 7.65. The number of hydrogen-bond donors (Lipinski definition) is 7. The quantitative estimate of drug-likeness (QED) is 0.112. The van der Waals surface area contributed by atoms with Crippen molar-refractivity contribution in [3.8, 4) is 11.1 Å². The van der Waals surface area contributed by atoms with Crippen LogP contribution in [0.4, 0.5) is 24.5 Å². The lowest BCUT2D eigenvalue weighted by molar-refractivity contribution is -0.192. The first-order valence-electron chi connectivity index (χ1n) is 12.9. The van der Waals surface area contributed by atoms with Gasteiger partial charge in [0.25, 0.3) is 0 Å². The van der Waals surface area contributed by atoms with Gasteiger partial charge in [-0.15, -0.1) is 0 Å². The molecular formula is C28H30F3N5O6S. The number of carboxylic acids is 1. The molecule has 1 fully saturated rings. The molecule has 0 heterocycles. The minimum absolute atomic E-state index is 0.0406. The number of sulfonamides is 1. The molecule has 4 rings (SSSR count). The highest BCUT2D eigenvalue weighted by molar-refractivity contribution is 7.89. The number of hydroxylamine groups is 1. The van der Waals surface area contributed by atoms with E-state index in [1.54, 1.807) is 60.7 Å². The summed E-state index contributed by atoms with van der Waals surface area (Å²) in [6.07, 6.45) is -0.931. The number of anilines is 2. The smallest absolute Gasteiger partial charge is 0.475 e. The molecule has 3 aromatic carbocycles. The Morgan fingerprint density at radius 3 is 2.07 bits per heavy atom. The molecule has 1 aliphatic rings. The normalized spacial score (nSPS) is 14.4. The van der Waals surface area contributed by atoms with Crippen LogP contribution in [0.1, 0.15) is 37.7 Å². The van der Waals surface area contributed by atoms with Crippen LogP contribution in [-0.2, 0) is 19.6 Å². The molecule has 11 nitrogen and oxygen atoms in total. The van der Waals surface area contributed by atoms with Crippen molar-refractivity contribution in [1.29, 1.82) is 5.41 Å². The van der Waals surface area contributed by atoms with Crippen LogP contribution in [0.2, 0.25) is 0 Å². The fraction of sp³-hybridized carbons (Fsp3) is 0.250. The van der Waals surface area contributed by atoms with E-state index in [4.69, 9.17) is 25.7 Å². The summed E-state index contributed by atoms with van der Waals surface area (Å²) in [5.41, 5.74) is 3.93. The molecule has 0 aliphatic heterocycles. The molecule has 15 heteroatoms. The van der Waals surface area contributed by atoms with Crippen LogP contribution in [0.5, 0.6) is 0 Å². The number of nitrogens with two attached hydrogens (primary N) is 1. The van der Waals surface area contributed by atoms with Gasteiger partial charge in [0.05, 0.1) is 4.90 Å². The van der Waals surface area contributed by atoms with E-state index < -0.39 is 27.7 Å². The Kier molecular flexibility index (Phi) is 10.5. The number of primary sulfonamides is 1. The van der Waals surface area contributed by atoms with Crippen molar-refractivity contribution in [2.24, 2.45) is 5.14 Å². The molecule has 0 spiro atoms. The first kappa shape index (κ1) is 33.0. The van der Waals surface area contributed by atoms with Crippen LogP contribution < -0.4 is 21.3 Å². The molecule has 1 aliphatic carbocycles. The van der Waals surface area contributed by atoms with Gasteiger partial charge in [0.15, 0.2) is 0 Å². The van der Waals surface area contributed by atoms with Crippen LogP contribution in [0.3, 0.4) is 0 Å². The maximum absolute atomic E-state index is 13.5. The van der Waals surface area contributed by atoms with Gasteiger partial charge in [-0.05, 0) is 48.7 Å². The molecule has 0 aromatic heterocycles. The summed E-state index contributed by atoms with van der Waals surface area (Å²) >= 11 is 0. The van der Waals surface area contributed by atoms with E-state index in [1.165, 1.54) is 6.07 Å². The monoisotopic (exact) mass is 621 g/mol. The number of amidine groups is 1. The number of carbonyl (C=O) groups excluding carboxylic acids is 1. The van der Waals surface area contributed by atoms with Gasteiger partial charge in [-0.25, -0.2) is 18.4 Å². The highest BCUT2D eigenvalue weighted by Gasteiger charge is 2.40. The number of rotatable bonds is 7. The average molecular weight is 622 g/mol. The topological polar surface area (TPSA) is 195 Å². The highest BCUT2D eigenvalue weighted by Crippen LogP contribution is 2.34. The Balaban J connectivity index is 0.000000646. The molecular weight excluding hydrogens is 591 g/mol. The molecule has 0 atom stereocenters. The molecule has 0 radical (unpaired) electrons. The van der Waals surface area contributed by atoms with Crippen molar-refractivity contribution >= 4 is 39.1 Å². The number of benzene rings is 3. The minimum Gasteiger partial charge on any atom is -0.475 e. The number of nitrogens with one attached hydrogen (secondary N) is 4. The standard InChI is InChI=1S/C26H29N5O4S.C2HF3O2/c27-24(31-33)19-7-6-8-21(17-19)30-26(15-4-1-5-16-26)25(32)29-20-13-11-18(12-14-20)22-9-2-3-10-23(22)36(28,34)35;3-2(4,5)1(6)7/h2-3,6-14,17,30,33H,1,4-5,15-16H2,(H2,27,31)(H,29,32)(H2,28,34,35);(H,6,7). The molecule has 0 unspecified atom stereocenters. The van der Waals surface area contributed by atoms with Gasteiger partial charge in [0.2, 0.25) is 15.9 Å². The lowest BCUT2D eigenvalue weighted by Crippen LogP contribution is -2.51. The Labute approximate surface area is 245 Å². The third kappa shape index (κ3) is 8.76. The van der Waals surface area contributed by atoms with Gasteiger partial charge in [-0.3, -0.25) is 20.9 Å². The lowest BCUT2D eigenvalue weighted by Gasteiger charge is -2.37. The number of carboxylic acid groups (broad SMARTS) is 1. The summed E-state index contributed by atoms with van der Waals surface area (Å²) in [6.45, 7) is 0. The molecule has 230 valence electrons. The second kappa shape index (κ2) is 13.7. The summed E-state index contributed by atoms with van der Waals surface area (Å²) < 4.78 is 55.7. The van der Waals surface area contributed by atoms with Crippen molar-refractivity contribution in [1.82, 2.24) is 5.48 Å². The van der Waals surface area contributed by atoms with E-state index >= 15 is 0 Å². The van der Waals surface area contributed by atoms with Gasteiger partial charge in [0.1, 0.15) is 11.4 Å². The van der Waals surface area contributed by atoms with Crippen LogP contribution in [-0.4, -0.2) is 48.2 Å². The van der Waals surface area contributed by atoms with Crippen LogP contribution >= 0.6 is 0 Å². The molecule has 0 bridgehead atoms. The number of halogens is 3. The Morgan fingerprint density at radius 1 is 0.907 bits per heavy atom. The SMILES string of the molecule is N=C(NO)c1cccc(NC2(C(=O)Nc3ccc(-c4ccccc4S(N)(=O)=O)cc3)CCCCC2)c1.O=C(O)C(F)(F)F. The minimum atomic E-state index is -5.08. The zero-order valence-corrected chi connectivity index (χ0v) is 23.4. The number of amides is 1. The Hall–Kier alpha value is -4.47. The van der Waals surface area contributed by atoms with Gasteiger partial charge >= 0.3 is 12.1 Å². The van der Waals surface area contributed by atoms with Crippen molar-refractivity contribution in [3.63, 3.8) is 0 Å². The summed E-state index contributed by atoms with van der Waals surface area (Å²) in [6, 6.07) is 20.5. The molecule has 1 amide bonds. The van der Waals surface area contributed by atoms with Crippen LogP contribution in [0.15, 0.2) is 77.7 Å². The largest absolute Gasteiger partial charge is 0.490 e. The zero-order chi connectivity index (χ0) is 31.8. The van der Waals surface area contributed by atoms with E-state index in [0.717, 1.165) is 19.3 Å². The van der Waals surface area contributed by atoms with Gasteiger partial charge in [-0.2, -0.15) is 13.2 Å². The van der Waals surface area contributed by atoms with Gasteiger partial charge in [0, 0.05) is 22.5 Å². The number of aliphatic carboxylic acids is 1. The fourth-order valence-corrected chi connectivity index (χ4v) is 5.36. The third-order valence-electron chi connectivity index (χ3n) is 6.68. The van der Waals surface area contributed by atoms with Crippen molar-refractivity contribution in [2.45, 2.75) is 48.7 Å². The molecule has 43 heavy (non-hydrogen) atoms.